The van der Waals surface area contributed by atoms with Gasteiger partial charge in [0.25, 0.3) is 5.91 Å². The lowest BCUT2D eigenvalue weighted by molar-refractivity contribution is 0.0938. The highest BCUT2D eigenvalue weighted by Crippen LogP contribution is 2.29. The van der Waals surface area contributed by atoms with E-state index in [0.29, 0.717) is 17.9 Å². The molecule has 1 aliphatic heterocycles. The fraction of sp³-hybridized carbons (Fsp3) is 0.417. The molecule has 1 unspecified atom stereocenters. The third-order valence-corrected chi connectivity index (χ3v) is 5.23. The lowest BCUT2D eigenvalue weighted by Gasteiger charge is -2.14. The van der Waals surface area contributed by atoms with Gasteiger partial charge in [-0.1, -0.05) is 11.6 Å². The molecule has 0 spiro atoms. The standard InChI is InChI=1S/C12H15ClN2O4S.ClH/c1-19-11-5-10(14)9(13)4-8(11)12(16)15-7-2-3-20(17,18)6-7;/h4-5,7H,2-3,6,14H2,1H3,(H,15,16);1H. The molecular weight excluding hydrogens is 339 g/mol. The Morgan fingerprint density at radius 3 is 2.67 bits per heavy atom. The summed E-state index contributed by atoms with van der Waals surface area (Å²) in [4.78, 5) is 12.2. The van der Waals surface area contributed by atoms with E-state index in [1.54, 1.807) is 0 Å². The summed E-state index contributed by atoms with van der Waals surface area (Å²) in [7, 11) is -1.63. The number of halogens is 2. The van der Waals surface area contributed by atoms with Crippen molar-refractivity contribution in [2.24, 2.45) is 0 Å². The Bertz CT molecular complexity index is 649. The summed E-state index contributed by atoms with van der Waals surface area (Å²) in [6.07, 6.45) is 0.416. The summed E-state index contributed by atoms with van der Waals surface area (Å²) < 4.78 is 27.8. The van der Waals surface area contributed by atoms with E-state index in [1.807, 2.05) is 0 Å². The average Bonchev–Trinajstić information content (AvgIpc) is 2.71. The van der Waals surface area contributed by atoms with Crippen molar-refractivity contribution in [2.75, 3.05) is 24.3 Å². The Labute approximate surface area is 134 Å². The molecule has 0 aromatic heterocycles. The summed E-state index contributed by atoms with van der Waals surface area (Å²) in [5.41, 5.74) is 6.18. The zero-order valence-corrected chi connectivity index (χ0v) is 13.6. The molecule has 0 aliphatic carbocycles. The largest absolute Gasteiger partial charge is 0.496 e. The average molecular weight is 355 g/mol. The van der Waals surface area contributed by atoms with Crippen LogP contribution in [0, 0.1) is 0 Å². The summed E-state index contributed by atoms with van der Waals surface area (Å²) in [5.74, 6) is -0.0717. The second-order valence-electron chi connectivity index (χ2n) is 4.65. The lowest BCUT2D eigenvalue weighted by Crippen LogP contribution is -2.35. The monoisotopic (exact) mass is 354 g/mol. The van der Waals surface area contributed by atoms with Gasteiger partial charge in [-0.25, -0.2) is 8.42 Å². The van der Waals surface area contributed by atoms with Gasteiger partial charge in [0.05, 0.1) is 34.9 Å². The minimum absolute atomic E-state index is 0. The molecule has 1 heterocycles. The van der Waals surface area contributed by atoms with Gasteiger partial charge >= 0.3 is 0 Å². The number of benzene rings is 1. The van der Waals surface area contributed by atoms with Crippen molar-refractivity contribution in [1.29, 1.82) is 0 Å². The van der Waals surface area contributed by atoms with Crippen molar-refractivity contribution in [3.05, 3.63) is 22.7 Å². The number of ether oxygens (including phenoxy) is 1. The smallest absolute Gasteiger partial charge is 0.255 e. The molecular formula is C12H16Cl2N2O4S. The molecule has 1 fully saturated rings. The summed E-state index contributed by atoms with van der Waals surface area (Å²) in [6, 6.07) is 2.49. The van der Waals surface area contributed by atoms with Crippen molar-refractivity contribution in [3.8, 4) is 5.75 Å². The minimum atomic E-state index is -3.05. The summed E-state index contributed by atoms with van der Waals surface area (Å²) in [5, 5.41) is 2.92. The number of anilines is 1. The van der Waals surface area contributed by atoms with E-state index in [9.17, 15) is 13.2 Å². The summed E-state index contributed by atoms with van der Waals surface area (Å²) >= 11 is 5.89. The van der Waals surface area contributed by atoms with Crippen molar-refractivity contribution in [2.45, 2.75) is 12.5 Å². The van der Waals surface area contributed by atoms with Crippen molar-refractivity contribution in [1.82, 2.24) is 5.32 Å². The maximum Gasteiger partial charge on any atom is 0.255 e. The molecule has 0 saturated carbocycles. The van der Waals surface area contributed by atoms with E-state index in [4.69, 9.17) is 22.1 Å². The van der Waals surface area contributed by atoms with Crippen LogP contribution in [0.2, 0.25) is 5.02 Å². The number of sulfone groups is 1. The van der Waals surface area contributed by atoms with E-state index in [2.05, 4.69) is 5.32 Å². The van der Waals surface area contributed by atoms with Gasteiger partial charge in [0.1, 0.15) is 5.75 Å². The number of rotatable bonds is 3. The Hall–Kier alpha value is -1.18. The number of carbonyl (C=O) groups is 1. The minimum Gasteiger partial charge on any atom is -0.496 e. The first kappa shape index (κ1) is 17.9. The second-order valence-corrected chi connectivity index (χ2v) is 7.28. The first-order valence-electron chi connectivity index (χ1n) is 5.96. The van der Waals surface area contributed by atoms with Crippen LogP contribution in [0.1, 0.15) is 16.8 Å². The van der Waals surface area contributed by atoms with Gasteiger partial charge in [-0.2, -0.15) is 0 Å². The highest BCUT2D eigenvalue weighted by molar-refractivity contribution is 7.91. The number of methoxy groups -OCH3 is 1. The number of amides is 1. The number of nitrogen functional groups attached to an aromatic ring is 1. The molecule has 6 nitrogen and oxygen atoms in total. The molecule has 1 atom stereocenters. The predicted molar refractivity (Wildman–Crippen MR) is 84.2 cm³/mol. The van der Waals surface area contributed by atoms with Gasteiger partial charge in [0, 0.05) is 12.1 Å². The van der Waals surface area contributed by atoms with Crippen LogP contribution in [-0.2, 0) is 9.84 Å². The maximum atomic E-state index is 12.2. The van der Waals surface area contributed by atoms with Crippen LogP contribution in [0.15, 0.2) is 12.1 Å². The van der Waals surface area contributed by atoms with E-state index in [1.165, 1.54) is 19.2 Å². The zero-order valence-electron chi connectivity index (χ0n) is 11.3. The van der Waals surface area contributed by atoms with Crippen LogP contribution >= 0.6 is 24.0 Å². The molecule has 1 amide bonds. The normalized spacial score (nSPS) is 19.6. The van der Waals surface area contributed by atoms with Gasteiger partial charge in [-0.05, 0) is 12.5 Å². The highest BCUT2D eigenvalue weighted by atomic mass is 35.5. The quantitative estimate of drug-likeness (QED) is 0.796. The second kappa shape index (κ2) is 6.72. The topological polar surface area (TPSA) is 98.5 Å². The zero-order chi connectivity index (χ0) is 14.9. The molecule has 1 aliphatic rings. The van der Waals surface area contributed by atoms with Crippen LogP contribution in [0.25, 0.3) is 0 Å². The van der Waals surface area contributed by atoms with E-state index >= 15 is 0 Å². The Morgan fingerprint density at radius 2 is 2.14 bits per heavy atom. The molecule has 2 rings (SSSR count). The van der Waals surface area contributed by atoms with E-state index in [-0.39, 0.29) is 40.5 Å². The molecule has 1 aromatic rings. The maximum absolute atomic E-state index is 12.2. The third kappa shape index (κ3) is 4.15. The molecule has 9 heteroatoms. The fourth-order valence-corrected chi connectivity index (χ4v) is 3.92. The number of hydrogen-bond donors (Lipinski definition) is 2. The van der Waals surface area contributed by atoms with Crippen molar-refractivity contribution < 1.29 is 17.9 Å². The van der Waals surface area contributed by atoms with Gasteiger partial charge in [0.2, 0.25) is 0 Å². The van der Waals surface area contributed by atoms with Gasteiger partial charge in [0.15, 0.2) is 9.84 Å². The van der Waals surface area contributed by atoms with Crippen molar-refractivity contribution >= 4 is 45.4 Å². The van der Waals surface area contributed by atoms with E-state index < -0.39 is 15.7 Å². The van der Waals surface area contributed by atoms with Gasteiger partial charge < -0.3 is 15.8 Å². The third-order valence-electron chi connectivity index (χ3n) is 3.13. The molecule has 1 aromatic carbocycles. The molecule has 0 bridgehead atoms. The van der Waals surface area contributed by atoms with Crippen molar-refractivity contribution in [3.63, 3.8) is 0 Å². The van der Waals surface area contributed by atoms with Crippen LogP contribution < -0.4 is 15.8 Å². The van der Waals surface area contributed by atoms with Gasteiger partial charge in [-0.3, -0.25) is 4.79 Å². The Balaban J connectivity index is 0.00000220. The Morgan fingerprint density at radius 1 is 1.48 bits per heavy atom. The first-order chi connectivity index (χ1) is 9.32. The van der Waals surface area contributed by atoms with E-state index in [0.717, 1.165) is 0 Å². The fourth-order valence-electron chi connectivity index (χ4n) is 2.09. The molecule has 1 saturated heterocycles. The molecule has 118 valence electrons. The summed E-state index contributed by atoms with van der Waals surface area (Å²) in [6.45, 7) is 0. The number of carbonyl (C=O) groups excluding carboxylic acids is 1. The van der Waals surface area contributed by atoms with Crippen LogP contribution in [0.5, 0.6) is 5.75 Å². The number of nitrogens with two attached hydrogens (primary N) is 1. The van der Waals surface area contributed by atoms with Crippen LogP contribution in [-0.4, -0.2) is 39.0 Å². The van der Waals surface area contributed by atoms with Crippen LogP contribution in [0.4, 0.5) is 5.69 Å². The SMILES string of the molecule is COc1cc(N)c(Cl)cc1C(=O)NC1CCS(=O)(=O)C1.Cl. The van der Waals surface area contributed by atoms with Gasteiger partial charge in [-0.15, -0.1) is 12.4 Å². The lowest BCUT2D eigenvalue weighted by atomic mass is 10.1. The van der Waals surface area contributed by atoms with Crippen LogP contribution in [0.3, 0.4) is 0 Å². The molecule has 21 heavy (non-hydrogen) atoms. The highest BCUT2D eigenvalue weighted by Gasteiger charge is 2.29. The number of hydrogen-bond acceptors (Lipinski definition) is 5. The molecule has 0 radical (unpaired) electrons. The molecule has 3 N–H and O–H groups in total. The first-order valence-corrected chi connectivity index (χ1v) is 8.16. The predicted octanol–water partition coefficient (Wildman–Crippen LogP) is 1.27. The Kier molecular flexibility index (Phi) is 5.72. The number of nitrogens with one attached hydrogen (secondary N) is 1.